The van der Waals surface area contributed by atoms with Crippen LogP contribution in [0, 0.1) is 11.3 Å². The third-order valence-electron chi connectivity index (χ3n) is 4.01. The fourth-order valence-corrected chi connectivity index (χ4v) is 3.08. The number of sulfonamides is 1. The molecule has 1 aliphatic rings. The molecular weight excluding hydrogens is 354 g/mol. The van der Waals surface area contributed by atoms with Gasteiger partial charge in [-0.15, -0.1) is 0 Å². The maximum absolute atomic E-state index is 11.3. The molecule has 1 fully saturated rings. The van der Waals surface area contributed by atoms with Crippen LogP contribution in [0.4, 0.5) is 17.5 Å². The van der Waals surface area contributed by atoms with Crippen LogP contribution in [0.15, 0.2) is 35.4 Å². The van der Waals surface area contributed by atoms with Crippen LogP contribution in [0.3, 0.4) is 0 Å². The highest BCUT2D eigenvalue weighted by Crippen LogP contribution is 2.31. The maximum Gasteiger partial charge on any atom is 0.238 e. The van der Waals surface area contributed by atoms with Gasteiger partial charge < -0.3 is 15.6 Å². The van der Waals surface area contributed by atoms with Gasteiger partial charge in [0.2, 0.25) is 16.0 Å². The van der Waals surface area contributed by atoms with Gasteiger partial charge in [-0.05, 0) is 37.1 Å². The average Bonchev–Trinajstić information content (AvgIpc) is 3.31. The number of nitrogens with one attached hydrogen (secondary N) is 3. The van der Waals surface area contributed by atoms with Crippen molar-refractivity contribution in [3.05, 3.63) is 36.0 Å². The molecule has 9 nitrogen and oxygen atoms in total. The summed E-state index contributed by atoms with van der Waals surface area (Å²) < 4.78 is 22.7. The molecule has 2 heterocycles. The molecule has 0 bridgehead atoms. The van der Waals surface area contributed by atoms with Crippen LogP contribution in [-0.2, 0) is 10.0 Å². The summed E-state index contributed by atoms with van der Waals surface area (Å²) in [5.41, 5.74) is 1.64. The molecule has 0 atom stereocenters. The van der Waals surface area contributed by atoms with E-state index in [1.807, 2.05) is 0 Å². The fraction of sp³-hybridized carbons (Fsp3) is 0.188. The van der Waals surface area contributed by atoms with Gasteiger partial charge in [0.05, 0.1) is 15.8 Å². The zero-order chi connectivity index (χ0) is 18.3. The van der Waals surface area contributed by atoms with Crippen molar-refractivity contribution in [2.75, 3.05) is 10.6 Å². The van der Waals surface area contributed by atoms with Crippen molar-refractivity contribution in [3.8, 4) is 6.07 Å². The van der Waals surface area contributed by atoms with E-state index in [9.17, 15) is 13.7 Å². The smallest absolute Gasteiger partial charge is 0.238 e. The number of benzene rings is 1. The SMILES string of the molecule is N#Cc1c[nH]c2nc(Nc3ccc(S(N)(=O)=O)cc3)nc(NC3CC3)c12. The van der Waals surface area contributed by atoms with Gasteiger partial charge >= 0.3 is 0 Å². The predicted molar refractivity (Wildman–Crippen MR) is 96.3 cm³/mol. The van der Waals surface area contributed by atoms with Crippen LogP contribution in [0.25, 0.3) is 11.0 Å². The van der Waals surface area contributed by atoms with E-state index in [0.29, 0.717) is 40.1 Å². The Labute approximate surface area is 149 Å². The van der Waals surface area contributed by atoms with E-state index in [1.165, 1.54) is 12.1 Å². The molecule has 26 heavy (non-hydrogen) atoms. The Morgan fingerprint density at radius 2 is 1.96 bits per heavy atom. The first-order valence-corrected chi connectivity index (χ1v) is 9.44. The summed E-state index contributed by atoms with van der Waals surface area (Å²) in [4.78, 5) is 11.9. The first-order chi connectivity index (χ1) is 12.4. The Kier molecular flexibility index (Phi) is 3.75. The second-order valence-corrected chi connectivity index (χ2v) is 7.61. The lowest BCUT2D eigenvalue weighted by atomic mass is 10.2. The van der Waals surface area contributed by atoms with E-state index in [-0.39, 0.29) is 4.90 Å². The molecule has 1 saturated carbocycles. The maximum atomic E-state index is 11.3. The van der Waals surface area contributed by atoms with Gasteiger partial charge in [-0.25, -0.2) is 13.6 Å². The zero-order valence-electron chi connectivity index (χ0n) is 13.5. The van der Waals surface area contributed by atoms with Crippen molar-refractivity contribution in [3.63, 3.8) is 0 Å². The molecule has 3 aromatic rings. The molecule has 0 unspecified atom stereocenters. The van der Waals surface area contributed by atoms with Crippen LogP contribution in [0.5, 0.6) is 0 Å². The van der Waals surface area contributed by atoms with E-state index in [1.54, 1.807) is 18.3 Å². The summed E-state index contributed by atoms with van der Waals surface area (Å²) in [6.45, 7) is 0. The summed E-state index contributed by atoms with van der Waals surface area (Å²) in [5.74, 6) is 0.925. The average molecular weight is 369 g/mol. The number of nitrogens with zero attached hydrogens (tertiary/aromatic N) is 3. The minimum absolute atomic E-state index is 0.0264. The lowest BCUT2D eigenvalue weighted by Crippen LogP contribution is -2.12. The third kappa shape index (κ3) is 3.17. The molecule has 132 valence electrons. The van der Waals surface area contributed by atoms with E-state index in [4.69, 9.17) is 5.14 Å². The Morgan fingerprint density at radius 1 is 1.23 bits per heavy atom. The number of hydrogen-bond acceptors (Lipinski definition) is 7. The van der Waals surface area contributed by atoms with Gasteiger partial charge in [0, 0.05) is 17.9 Å². The van der Waals surface area contributed by atoms with E-state index in [0.717, 1.165) is 12.8 Å². The number of aromatic nitrogens is 3. The summed E-state index contributed by atoms with van der Waals surface area (Å²) in [6, 6.07) is 8.46. The zero-order valence-corrected chi connectivity index (χ0v) is 14.3. The number of nitrogens with two attached hydrogens (primary N) is 1. The van der Waals surface area contributed by atoms with Crippen LogP contribution in [-0.4, -0.2) is 29.4 Å². The summed E-state index contributed by atoms with van der Waals surface area (Å²) in [5, 5.41) is 21.4. The molecule has 4 rings (SSSR count). The summed E-state index contributed by atoms with van der Waals surface area (Å²) >= 11 is 0. The standard InChI is InChI=1S/C16H15N7O2S/c17-7-9-8-19-14-13(9)15(20-10-1-2-10)23-16(22-14)21-11-3-5-12(6-4-11)26(18,24)25/h3-6,8,10H,1-2H2,(H2,18,24,25)(H3,19,20,21,22,23). The van der Waals surface area contributed by atoms with Gasteiger partial charge in [0.25, 0.3) is 0 Å². The monoisotopic (exact) mass is 369 g/mol. The molecule has 2 aromatic heterocycles. The molecule has 1 aromatic carbocycles. The number of H-pyrrole nitrogens is 1. The van der Waals surface area contributed by atoms with Crippen molar-refractivity contribution in [1.82, 2.24) is 15.0 Å². The molecule has 10 heteroatoms. The molecule has 0 amide bonds. The third-order valence-corrected chi connectivity index (χ3v) is 4.94. The largest absolute Gasteiger partial charge is 0.367 e. The van der Waals surface area contributed by atoms with Crippen molar-refractivity contribution < 1.29 is 8.42 Å². The first-order valence-electron chi connectivity index (χ1n) is 7.90. The first kappa shape index (κ1) is 16.3. The van der Waals surface area contributed by atoms with Crippen molar-refractivity contribution in [2.45, 2.75) is 23.8 Å². The molecule has 0 spiro atoms. The second kappa shape index (κ2) is 5.98. The van der Waals surface area contributed by atoms with Gasteiger partial charge in [0.1, 0.15) is 17.5 Å². The predicted octanol–water partition coefficient (Wildman–Crippen LogP) is 1.79. The number of primary sulfonamides is 1. The number of anilines is 3. The normalized spacial score (nSPS) is 14.2. The molecule has 5 N–H and O–H groups in total. The van der Waals surface area contributed by atoms with Gasteiger partial charge in [-0.2, -0.15) is 15.2 Å². The number of aromatic amines is 1. The minimum atomic E-state index is -3.74. The lowest BCUT2D eigenvalue weighted by molar-refractivity contribution is 0.598. The van der Waals surface area contributed by atoms with E-state index >= 15 is 0 Å². The van der Waals surface area contributed by atoms with Gasteiger partial charge in [-0.1, -0.05) is 0 Å². The highest BCUT2D eigenvalue weighted by molar-refractivity contribution is 7.89. The Hall–Kier alpha value is -3.16. The lowest BCUT2D eigenvalue weighted by Gasteiger charge is -2.10. The van der Waals surface area contributed by atoms with Crippen LogP contribution < -0.4 is 15.8 Å². The van der Waals surface area contributed by atoms with E-state index in [2.05, 4.69) is 31.7 Å². The number of fused-ring (bicyclic) bond motifs is 1. The van der Waals surface area contributed by atoms with Crippen LogP contribution in [0.2, 0.25) is 0 Å². The van der Waals surface area contributed by atoms with Gasteiger partial charge in [-0.3, -0.25) is 0 Å². The second-order valence-electron chi connectivity index (χ2n) is 6.05. The molecular formula is C16H15N7O2S. The number of nitriles is 1. The van der Waals surface area contributed by atoms with Crippen molar-refractivity contribution >= 4 is 38.5 Å². The Morgan fingerprint density at radius 3 is 2.58 bits per heavy atom. The number of rotatable bonds is 5. The topological polar surface area (TPSA) is 150 Å². The van der Waals surface area contributed by atoms with Crippen molar-refractivity contribution in [1.29, 1.82) is 5.26 Å². The Balaban J connectivity index is 1.69. The Bertz CT molecular complexity index is 1130. The summed E-state index contributed by atoms with van der Waals surface area (Å²) in [6.07, 6.45) is 3.73. The molecule has 0 radical (unpaired) electrons. The number of hydrogen-bond donors (Lipinski definition) is 4. The van der Waals surface area contributed by atoms with Gasteiger partial charge in [0.15, 0.2) is 0 Å². The summed E-state index contributed by atoms with van der Waals surface area (Å²) in [7, 11) is -3.74. The molecule has 1 aliphatic carbocycles. The van der Waals surface area contributed by atoms with Crippen LogP contribution in [0.1, 0.15) is 18.4 Å². The highest BCUT2D eigenvalue weighted by atomic mass is 32.2. The minimum Gasteiger partial charge on any atom is -0.367 e. The molecule has 0 saturated heterocycles. The van der Waals surface area contributed by atoms with Crippen LogP contribution >= 0.6 is 0 Å². The highest BCUT2D eigenvalue weighted by Gasteiger charge is 2.24. The van der Waals surface area contributed by atoms with E-state index < -0.39 is 10.0 Å². The van der Waals surface area contributed by atoms with Crippen molar-refractivity contribution in [2.24, 2.45) is 5.14 Å². The quantitative estimate of drug-likeness (QED) is 0.535. The fourth-order valence-electron chi connectivity index (χ4n) is 2.56. The molecule has 0 aliphatic heterocycles.